The monoisotopic (exact) mass is 594 g/mol. The van der Waals surface area contributed by atoms with Crippen molar-refractivity contribution in [1.82, 2.24) is 19.6 Å². The van der Waals surface area contributed by atoms with Gasteiger partial charge in [-0.15, -0.1) is 0 Å². The zero-order chi connectivity index (χ0) is 31.8. The summed E-state index contributed by atoms with van der Waals surface area (Å²) in [6.07, 6.45) is 3.57. The Labute approximate surface area is 250 Å². The molecule has 0 bridgehead atoms. The number of carbonyl (C=O) groups excluding carboxylic acids is 6. The third-order valence-corrected chi connectivity index (χ3v) is 8.16. The maximum absolute atomic E-state index is 12.9. The van der Waals surface area contributed by atoms with Crippen molar-refractivity contribution in [1.29, 1.82) is 0 Å². The van der Waals surface area contributed by atoms with Gasteiger partial charge in [-0.25, -0.2) is 9.59 Å². The maximum Gasteiger partial charge on any atom is 0.329 e. The van der Waals surface area contributed by atoms with Crippen LogP contribution in [-0.4, -0.2) is 119 Å². The Morgan fingerprint density at radius 3 is 1.29 bits per heavy atom. The smallest absolute Gasteiger partial charge is 0.329 e. The van der Waals surface area contributed by atoms with Crippen molar-refractivity contribution in [3.05, 3.63) is 0 Å². The van der Waals surface area contributed by atoms with Crippen molar-refractivity contribution >= 4 is 35.6 Å². The van der Waals surface area contributed by atoms with E-state index in [0.29, 0.717) is 51.6 Å². The minimum absolute atomic E-state index is 0.178. The summed E-state index contributed by atoms with van der Waals surface area (Å²) in [6, 6.07) is -1.42. The fraction of sp³-hybridized carbons (Fsp3) is 0.800. The molecule has 0 aliphatic carbocycles. The Morgan fingerprint density at radius 1 is 0.643 bits per heavy atom. The summed E-state index contributed by atoms with van der Waals surface area (Å²) in [5, 5.41) is 0. The lowest BCUT2D eigenvalue weighted by molar-refractivity contribution is -0.159. The SMILES string of the molecule is CN(C(=O)COC(=O)[C@H]1CCCN1C(=O)CCCCC(=O)N1CCC[C@@H]1C(=O)OCC(=O)N(C)C(C)(C)C)C(C)(C)C. The fourth-order valence-electron chi connectivity index (χ4n) is 4.86. The van der Waals surface area contributed by atoms with Gasteiger partial charge < -0.3 is 29.1 Å². The number of carbonyl (C=O) groups is 6. The van der Waals surface area contributed by atoms with E-state index in [0.717, 1.165) is 0 Å². The summed E-state index contributed by atoms with van der Waals surface area (Å²) >= 11 is 0. The number of ether oxygens (including phenoxy) is 2. The van der Waals surface area contributed by atoms with Gasteiger partial charge in [0.25, 0.3) is 11.8 Å². The third-order valence-electron chi connectivity index (χ3n) is 8.16. The van der Waals surface area contributed by atoms with Crippen LogP contribution in [0, 0.1) is 0 Å². The Bertz CT molecular complexity index is 936. The molecule has 0 N–H and O–H groups in total. The van der Waals surface area contributed by atoms with Gasteiger partial charge in [0.05, 0.1) is 0 Å². The lowest BCUT2D eigenvalue weighted by atomic mass is 10.1. The number of unbranched alkanes of at least 4 members (excludes halogenated alkanes) is 1. The summed E-state index contributed by atoms with van der Waals surface area (Å²) in [4.78, 5) is 81.7. The van der Waals surface area contributed by atoms with Gasteiger partial charge in [0.15, 0.2) is 13.2 Å². The standard InChI is InChI=1S/C30H50N4O8/c1-29(2,3)31(7)25(37)19-41-27(39)21-13-11-17-33(21)23(35)15-9-10-16-24(36)34-18-12-14-22(34)28(40)42-20-26(38)32(8)30(4,5)6/h21-22H,9-20H2,1-8H3/t21-,22-/m1/s1. The first-order valence-corrected chi connectivity index (χ1v) is 14.9. The minimum Gasteiger partial charge on any atom is -0.454 e. The second kappa shape index (κ2) is 14.8. The van der Waals surface area contributed by atoms with E-state index in [1.165, 1.54) is 19.6 Å². The summed E-state index contributed by atoms with van der Waals surface area (Å²) < 4.78 is 10.5. The van der Waals surface area contributed by atoms with Gasteiger partial charge in [-0.3, -0.25) is 19.2 Å². The average molecular weight is 595 g/mol. The third kappa shape index (κ3) is 9.69. The largest absolute Gasteiger partial charge is 0.454 e. The average Bonchev–Trinajstić information content (AvgIpc) is 3.60. The minimum atomic E-state index is -0.710. The molecule has 0 saturated carbocycles. The summed E-state index contributed by atoms with van der Waals surface area (Å²) in [6.45, 7) is 11.4. The predicted molar refractivity (Wildman–Crippen MR) is 155 cm³/mol. The Kier molecular flexibility index (Phi) is 12.4. The molecule has 2 saturated heterocycles. The number of rotatable bonds is 11. The molecular weight excluding hydrogens is 544 g/mol. The molecule has 2 heterocycles. The first-order valence-electron chi connectivity index (χ1n) is 14.9. The molecule has 0 aromatic carbocycles. The molecule has 238 valence electrons. The molecule has 12 heteroatoms. The highest BCUT2D eigenvalue weighted by Gasteiger charge is 2.37. The van der Waals surface area contributed by atoms with Crippen LogP contribution in [0.1, 0.15) is 92.9 Å². The number of hydrogen-bond donors (Lipinski definition) is 0. The lowest BCUT2D eigenvalue weighted by Crippen LogP contribution is -2.46. The van der Waals surface area contributed by atoms with Crippen LogP contribution >= 0.6 is 0 Å². The van der Waals surface area contributed by atoms with E-state index < -0.39 is 35.1 Å². The lowest BCUT2D eigenvalue weighted by Gasteiger charge is -2.32. The van der Waals surface area contributed by atoms with Gasteiger partial charge in [0.2, 0.25) is 11.8 Å². The van der Waals surface area contributed by atoms with Gasteiger partial charge in [-0.2, -0.15) is 0 Å². The molecule has 2 aliphatic heterocycles. The molecule has 0 aromatic rings. The predicted octanol–water partition coefficient (Wildman–Crippen LogP) is 2.13. The highest BCUT2D eigenvalue weighted by molar-refractivity contribution is 5.88. The molecule has 2 fully saturated rings. The number of hydrogen-bond acceptors (Lipinski definition) is 8. The van der Waals surface area contributed by atoms with Gasteiger partial charge in [0, 0.05) is 51.1 Å². The van der Waals surface area contributed by atoms with Crippen LogP contribution in [0.25, 0.3) is 0 Å². The van der Waals surface area contributed by atoms with Crippen molar-refractivity contribution in [3.63, 3.8) is 0 Å². The number of nitrogens with zero attached hydrogens (tertiary/aromatic N) is 4. The van der Waals surface area contributed by atoms with Crippen molar-refractivity contribution in [2.45, 2.75) is 116 Å². The van der Waals surface area contributed by atoms with Crippen LogP contribution in [0.2, 0.25) is 0 Å². The fourth-order valence-corrected chi connectivity index (χ4v) is 4.86. The Balaban J connectivity index is 1.77. The Morgan fingerprint density at radius 2 is 0.976 bits per heavy atom. The highest BCUT2D eigenvalue weighted by atomic mass is 16.5. The van der Waals surface area contributed by atoms with Crippen molar-refractivity contribution in [3.8, 4) is 0 Å². The molecule has 0 aromatic heterocycles. The van der Waals surface area contributed by atoms with E-state index in [4.69, 9.17) is 9.47 Å². The van der Waals surface area contributed by atoms with Gasteiger partial charge in [0.1, 0.15) is 12.1 Å². The highest BCUT2D eigenvalue weighted by Crippen LogP contribution is 2.23. The summed E-state index contributed by atoms with van der Waals surface area (Å²) in [7, 11) is 3.30. The van der Waals surface area contributed by atoms with E-state index in [1.807, 2.05) is 41.5 Å². The van der Waals surface area contributed by atoms with E-state index in [-0.39, 0.29) is 49.7 Å². The van der Waals surface area contributed by atoms with Gasteiger partial charge >= 0.3 is 11.9 Å². The first-order chi connectivity index (χ1) is 19.4. The second-order valence-electron chi connectivity index (χ2n) is 13.2. The number of esters is 2. The van der Waals surface area contributed by atoms with E-state index in [9.17, 15) is 28.8 Å². The first kappa shape index (κ1) is 35.0. The number of likely N-dealkylation sites (N-methyl/N-ethyl adjacent to an activating group) is 2. The molecule has 4 amide bonds. The quantitative estimate of drug-likeness (QED) is 0.262. The maximum atomic E-state index is 12.9. The van der Waals surface area contributed by atoms with Crippen molar-refractivity contribution in [2.24, 2.45) is 0 Å². The Hall–Kier alpha value is -3.18. The number of likely N-dealkylation sites (tertiary alicyclic amines) is 2. The van der Waals surface area contributed by atoms with Crippen LogP contribution in [0.3, 0.4) is 0 Å². The van der Waals surface area contributed by atoms with Gasteiger partial charge in [-0.1, -0.05) is 0 Å². The van der Waals surface area contributed by atoms with Crippen LogP contribution in [-0.2, 0) is 38.2 Å². The van der Waals surface area contributed by atoms with Crippen LogP contribution in [0.5, 0.6) is 0 Å². The topological polar surface area (TPSA) is 134 Å². The van der Waals surface area contributed by atoms with Crippen molar-refractivity contribution in [2.75, 3.05) is 40.4 Å². The van der Waals surface area contributed by atoms with Gasteiger partial charge in [-0.05, 0) is 80.1 Å². The molecule has 2 aliphatic rings. The molecule has 0 unspecified atom stereocenters. The molecule has 0 radical (unpaired) electrons. The number of amides is 4. The van der Waals surface area contributed by atoms with Crippen LogP contribution in [0.15, 0.2) is 0 Å². The molecular formula is C30H50N4O8. The molecule has 2 rings (SSSR count). The van der Waals surface area contributed by atoms with Crippen LogP contribution < -0.4 is 0 Å². The van der Waals surface area contributed by atoms with E-state index in [1.54, 1.807) is 14.1 Å². The van der Waals surface area contributed by atoms with E-state index >= 15 is 0 Å². The van der Waals surface area contributed by atoms with Crippen molar-refractivity contribution < 1.29 is 38.2 Å². The summed E-state index contributed by atoms with van der Waals surface area (Å²) in [5.41, 5.74) is -0.800. The normalized spacial score (nSPS) is 19.0. The second-order valence-corrected chi connectivity index (χ2v) is 13.2. The zero-order valence-corrected chi connectivity index (χ0v) is 26.7. The molecule has 12 nitrogen and oxygen atoms in total. The zero-order valence-electron chi connectivity index (χ0n) is 26.7. The molecule has 0 spiro atoms. The van der Waals surface area contributed by atoms with E-state index in [2.05, 4.69) is 0 Å². The van der Waals surface area contributed by atoms with Crippen LogP contribution in [0.4, 0.5) is 0 Å². The molecule has 2 atom stereocenters. The summed E-state index contributed by atoms with van der Waals surface area (Å²) in [5.74, 6) is -2.16. The molecule has 42 heavy (non-hydrogen) atoms.